The molecule has 1 atom stereocenters. The van der Waals surface area contributed by atoms with Gasteiger partial charge in [0.25, 0.3) is 0 Å². The Bertz CT molecular complexity index is 632. The van der Waals surface area contributed by atoms with E-state index in [0.29, 0.717) is 0 Å². The van der Waals surface area contributed by atoms with Crippen molar-refractivity contribution in [3.8, 4) is 5.75 Å². The zero-order valence-corrected chi connectivity index (χ0v) is 11.4. The molecule has 2 aromatic rings. The Balaban J connectivity index is 1.98. The molecule has 0 bridgehead atoms. The molecule has 0 aliphatic heterocycles. The van der Waals surface area contributed by atoms with Crippen molar-refractivity contribution in [1.29, 1.82) is 0 Å². The molecule has 3 rings (SSSR count). The van der Waals surface area contributed by atoms with Crippen molar-refractivity contribution in [2.24, 2.45) is 5.16 Å². The molecular formula is C17H17NO2. The number of methoxy groups -OCH3 is 1. The van der Waals surface area contributed by atoms with Gasteiger partial charge in [0.1, 0.15) is 5.75 Å². The smallest absolute Gasteiger partial charge is 0.118 e. The van der Waals surface area contributed by atoms with E-state index in [9.17, 15) is 5.21 Å². The fraction of sp³-hybridized carbons (Fsp3) is 0.235. The topological polar surface area (TPSA) is 41.8 Å². The lowest BCUT2D eigenvalue weighted by Gasteiger charge is -2.26. The van der Waals surface area contributed by atoms with Crippen LogP contribution in [0, 0.1) is 0 Å². The van der Waals surface area contributed by atoms with E-state index in [2.05, 4.69) is 11.2 Å². The second-order valence-corrected chi connectivity index (χ2v) is 5.01. The number of ether oxygens (including phenoxy) is 1. The predicted molar refractivity (Wildman–Crippen MR) is 78.8 cm³/mol. The van der Waals surface area contributed by atoms with E-state index in [0.717, 1.165) is 35.4 Å². The standard InChI is InChI=1S/C17H17NO2/c1-20-14-9-6-13(7-10-14)16-11-8-12-4-2-3-5-15(12)17(16)18-19/h2-7,9-10,16,19H,8,11H2,1H3/b18-17-. The minimum atomic E-state index is 0.140. The molecular weight excluding hydrogens is 250 g/mol. The molecule has 0 aromatic heterocycles. The van der Waals surface area contributed by atoms with Gasteiger partial charge in [-0.3, -0.25) is 0 Å². The molecule has 1 N–H and O–H groups in total. The third kappa shape index (κ3) is 2.16. The second-order valence-electron chi connectivity index (χ2n) is 5.01. The van der Waals surface area contributed by atoms with Crippen LogP contribution in [0.4, 0.5) is 0 Å². The number of hydrogen-bond donors (Lipinski definition) is 1. The maximum Gasteiger partial charge on any atom is 0.118 e. The normalized spacial score (nSPS) is 19.6. The summed E-state index contributed by atoms with van der Waals surface area (Å²) < 4.78 is 5.19. The highest BCUT2D eigenvalue weighted by Gasteiger charge is 2.27. The van der Waals surface area contributed by atoms with E-state index < -0.39 is 0 Å². The Kier molecular flexibility index (Phi) is 3.42. The zero-order valence-electron chi connectivity index (χ0n) is 11.4. The summed E-state index contributed by atoms with van der Waals surface area (Å²) >= 11 is 0. The molecule has 3 heteroatoms. The third-order valence-electron chi connectivity index (χ3n) is 3.95. The molecule has 3 nitrogen and oxygen atoms in total. The molecule has 1 aliphatic rings. The molecule has 2 aromatic carbocycles. The largest absolute Gasteiger partial charge is 0.497 e. The number of fused-ring (bicyclic) bond motifs is 1. The molecule has 0 saturated heterocycles. The van der Waals surface area contributed by atoms with Crippen molar-refractivity contribution in [2.75, 3.05) is 7.11 Å². The van der Waals surface area contributed by atoms with E-state index in [1.165, 1.54) is 5.56 Å². The van der Waals surface area contributed by atoms with Crippen LogP contribution in [-0.2, 0) is 6.42 Å². The lowest BCUT2D eigenvalue weighted by molar-refractivity contribution is 0.316. The quantitative estimate of drug-likeness (QED) is 0.667. The van der Waals surface area contributed by atoms with Crippen LogP contribution in [0.25, 0.3) is 0 Å². The fourth-order valence-electron chi connectivity index (χ4n) is 2.90. The summed E-state index contributed by atoms with van der Waals surface area (Å²) in [5, 5.41) is 13.0. The highest BCUT2D eigenvalue weighted by molar-refractivity contribution is 6.06. The highest BCUT2D eigenvalue weighted by atomic mass is 16.5. The summed E-state index contributed by atoms with van der Waals surface area (Å²) in [6, 6.07) is 16.1. The first-order valence-corrected chi connectivity index (χ1v) is 6.77. The summed E-state index contributed by atoms with van der Waals surface area (Å²) in [6.07, 6.45) is 1.97. The van der Waals surface area contributed by atoms with Crippen LogP contribution in [0.5, 0.6) is 5.75 Å². The Morgan fingerprint density at radius 3 is 2.55 bits per heavy atom. The second kappa shape index (κ2) is 5.37. The molecule has 1 aliphatic carbocycles. The molecule has 0 fully saturated rings. The van der Waals surface area contributed by atoms with Gasteiger partial charge in [-0.1, -0.05) is 41.6 Å². The molecule has 0 saturated carbocycles. The van der Waals surface area contributed by atoms with E-state index >= 15 is 0 Å². The SMILES string of the molecule is COc1ccc(C2CCc3ccccc3/C2=N/O)cc1. The molecule has 20 heavy (non-hydrogen) atoms. The number of oxime groups is 1. The van der Waals surface area contributed by atoms with Crippen LogP contribution in [0.1, 0.15) is 29.0 Å². The monoisotopic (exact) mass is 267 g/mol. The molecule has 0 radical (unpaired) electrons. The van der Waals surface area contributed by atoms with Crippen LogP contribution in [-0.4, -0.2) is 18.0 Å². The van der Waals surface area contributed by atoms with Gasteiger partial charge in [0.15, 0.2) is 0 Å². The number of rotatable bonds is 2. The molecule has 0 heterocycles. The van der Waals surface area contributed by atoms with Gasteiger partial charge in [-0.25, -0.2) is 0 Å². The van der Waals surface area contributed by atoms with Crippen molar-refractivity contribution < 1.29 is 9.94 Å². The number of aryl methyl sites for hydroxylation is 1. The number of benzene rings is 2. The molecule has 0 spiro atoms. The van der Waals surface area contributed by atoms with Crippen LogP contribution in [0.2, 0.25) is 0 Å². The van der Waals surface area contributed by atoms with Crippen molar-refractivity contribution in [3.63, 3.8) is 0 Å². The highest BCUT2D eigenvalue weighted by Crippen LogP contribution is 2.33. The first kappa shape index (κ1) is 12.7. The summed E-state index contributed by atoms with van der Waals surface area (Å²) in [5.74, 6) is 0.980. The van der Waals surface area contributed by atoms with Crippen molar-refractivity contribution in [1.82, 2.24) is 0 Å². The van der Waals surface area contributed by atoms with Gasteiger partial charge in [0.05, 0.1) is 12.8 Å². The predicted octanol–water partition coefficient (Wildman–Crippen LogP) is 3.60. The van der Waals surface area contributed by atoms with Crippen molar-refractivity contribution >= 4 is 5.71 Å². The Labute approximate surface area is 118 Å². The Hall–Kier alpha value is -2.29. The van der Waals surface area contributed by atoms with E-state index in [4.69, 9.17) is 4.74 Å². The average molecular weight is 267 g/mol. The molecule has 1 unspecified atom stereocenters. The van der Waals surface area contributed by atoms with Crippen LogP contribution < -0.4 is 4.74 Å². The van der Waals surface area contributed by atoms with Crippen LogP contribution in [0.3, 0.4) is 0 Å². The Morgan fingerprint density at radius 1 is 1.10 bits per heavy atom. The summed E-state index contributed by atoms with van der Waals surface area (Å²) in [7, 11) is 1.66. The maximum atomic E-state index is 9.43. The Morgan fingerprint density at radius 2 is 1.85 bits per heavy atom. The minimum Gasteiger partial charge on any atom is -0.497 e. The van der Waals surface area contributed by atoms with E-state index in [1.807, 2.05) is 42.5 Å². The lowest BCUT2D eigenvalue weighted by atomic mass is 9.78. The summed E-state index contributed by atoms with van der Waals surface area (Å²) in [5.41, 5.74) is 4.23. The van der Waals surface area contributed by atoms with E-state index in [-0.39, 0.29) is 5.92 Å². The van der Waals surface area contributed by atoms with E-state index in [1.54, 1.807) is 7.11 Å². The van der Waals surface area contributed by atoms with Crippen molar-refractivity contribution in [2.45, 2.75) is 18.8 Å². The van der Waals surface area contributed by atoms with Crippen LogP contribution >= 0.6 is 0 Å². The van der Waals surface area contributed by atoms with Gasteiger partial charge >= 0.3 is 0 Å². The minimum absolute atomic E-state index is 0.140. The van der Waals surface area contributed by atoms with Gasteiger partial charge in [0, 0.05) is 11.5 Å². The third-order valence-corrected chi connectivity index (χ3v) is 3.95. The molecule has 102 valence electrons. The fourth-order valence-corrected chi connectivity index (χ4v) is 2.90. The van der Waals surface area contributed by atoms with Gasteiger partial charge in [0.2, 0.25) is 0 Å². The van der Waals surface area contributed by atoms with Gasteiger partial charge in [-0.2, -0.15) is 0 Å². The zero-order chi connectivity index (χ0) is 13.9. The summed E-state index contributed by atoms with van der Waals surface area (Å²) in [6.45, 7) is 0. The molecule has 0 amide bonds. The number of nitrogens with zero attached hydrogens (tertiary/aromatic N) is 1. The first-order chi connectivity index (χ1) is 9.83. The van der Waals surface area contributed by atoms with Crippen LogP contribution in [0.15, 0.2) is 53.7 Å². The maximum absolute atomic E-state index is 9.43. The lowest BCUT2D eigenvalue weighted by Crippen LogP contribution is -2.21. The number of hydrogen-bond acceptors (Lipinski definition) is 3. The average Bonchev–Trinajstić information content (AvgIpc) is 2.54. The van der Waals surface area contributed by atoms with Gasteiger partial charge < -0.3 is 9.94 Å². The first-order valence-electron chi connectivity index (χ1n) is 6.77. The van der Waals surface area contributed by atoms with Gasteiger partial charge in [-0.05, 0) is 36.1 Å². The van der Waals surface area contributed by atoms with Gasteiger partial charge in [-0.15, -0.1) is 0 Å². The van der Waals surface area contributed by atoms with Crippen molar-refractivity contribution in [3.05, 3.63) is 65.2 Å². The summed E-state index contributed by atoms with van der Waals surface area (Å²) in [4.78, 5) is 0.